The molecule has 0 unspecified atom stereocenters. The van der Waals surface area contributed by atoms with E-state index < -0.39 is 0 Å². The largest absolute Gasteiger partial charge is 0.493 e. The van der Waals surface area contributed by atoms with Gasteiger partial charge in [-0.3, -0.25) is 4.98 Å². The van der Waals surface area contributed by atoms with Crippen LogP contribution in [0, 0.1) is 0 Å². The molecule has 0 aliphatic carbocycles. The molecule has 3 aromatic rings. The minimum absolute atomic E-state index is 0.0193. The molecule has 0 atom stereocenters. The number of pyridine rings is 1. The van der Waals surface area contributed by atoms with E-state index in [1.807, 2.05) is 12.1 Å². The van der Waals surface area contributed by atoms with Crippen LogP contribution in [0.25, 0.3) is 11.5 Å². The molecule has 7 nitrogen and oxygen atoms in total. The molecule has 3 rings (SSSR count). The van der Waals surface area contributed by atoms with Crippen molar-refractivity contribution in [1.29, 1.82) is 0 Å². The van der Waals surface area contributed by atoms with E-state index in [1.165, 1.54) is 0 Å². The fraction of sp³-hybridized carbons (Fsp3) is 0.133. The monoisotopic (exact) mass is 298 g/mol. The topological polar surface area (TPSA) is 96.3 Å². The summed E-state index contributed by atoms with van der Waals surface area (Å²) in [5.41, 5.74) is 7.10. The fourth-order valence-electron chi connectivity index (χ4n) is 1.92. The standard InChI is InChI=1S/C15H14N4O3/c1-20-13-7-11(14-18-19-15(16)22-14)4-5-12(13)21-9-10-3-2-6-17-8-10/h2-8H,9H2,1H3,(H2,16,19). The number of anilines is 1. The summed E-state index contributed by atoms with van der Waals surface area (Å²) in [6.45, 7) is 0.400. The first-order chi connectivity index (χ1) is 10.8. The van der Waals surface area contributed by atoms with Crippen molar-refractivity contribution in [3.05, 3.63) is 48.3 Å². The Kier molecular flexibility index (Phi) is 3.86. The highest BCUT2D eigenvalue weighted by atomic mass is 16.5. The van der Waals surface area contributed by atoms with Crippen molar-refractivity contribution in [3.63, 3.8) is 0 Å². The van der Waals surface area contributed by atoms with Gasteiger partial charge < -0.3 is 19.6 Å². The lowest BCUT2D eigenvalue weighted by Gasteiger charge is -2.11. The molecule has 0 radical (unpaired) electrons. The Hall–Kier alpha value is -3.09. The van der Waals surface area contributed by atoms with E-state index in [1.54, 1.807) is 37.7 Å². The van der Waals surface area contributed by atoms with Gasteiger partial charge in [0, 0.05) is 23.5 Å². The summed E-state index contributed by atoms with van der Waals surface area (Å²) in [5.74, 6) is 1.51. The molecule has 0 amide bonds. The zero-order chi connectivity index (χ0) is 15.4. The van der Waals surface area contributed by atoms with Crippen LogP contribution in [0.2, 0.25) is 0 Å². The van der Waals surface area contributed by atoms with Crippen LogP contribution >= 0.6 is 0 Å². The van der Waals surface area contributed by atoms with E-state index in [-0.39, 0.29) is 6.01 Å². The molecule has 0 spiro atoms. The molecule has 0 aliphatic rings. The summed E-state index contributed by atoms with van der Waals surface area (Å²) >= 11 is 0. The lowest BCUT2D eigenvalue weighted by atomic mass is 10.2. The first-order valence-electron chi connectivity index (χ1n) is 6.55. The van der Waals surface area contributed by atoms with Crippen molar-refractivity contribution in [2.75, 3.05) is 12.8 Å². The molecular weight excluding hydrogens is 284 g/mol. The second-order valence-corrected chi connectivity index (χ2v) is 4.46. The van der Waals surface area contributed by atoms with Crippen LogP contribution in [0.4, 0.5) is 6.01 Å². The van der Waals surface area contributed by atoms with Gasteiger partial charge in [-0.05, 0) is 24.3 Å². The highest BCUT2D eigenvalue weighted by Gasteiger charge is 2.11. The van der Waals surface area contributed by atoms with Crippen molar-refractivity contribution < 1.29 is 13.9 Å². The van der Waals surface area contributed by atoms with Crippen LogP contribution in [0.5, 0.6) is 11.5 Å². The molecule has 2 N–H and O–H groups in total. The van der Waals surface area contributed by atoms with Gasteiger partial charge in [-0.25, -0.2) is 0 Å². The molecule has 22 heavy (non-hydrogen) atoms. The Morgan fingerprint density at radius 1 is 1.18 bits per heavy atom. The summed E-state index contributed by atoms with van der Waals surface area (Å²) in [6, 6.07) is 9.16. The number of benzene rings is 1. The van der Waals surface area contributed by atoms with Crippen LogP contribution in [-0.2, 0) is 6.61 Å². The van der Waals surface area contributed by atoms with E-state index in [2.05, 4.69) is 15.2 Å². The zero-order valence-electron chi connectivity index (χ0n) is 11.9. The van der Waals surface area contributed by atoms with Crippen LogP contribution in [-0.4, -0.2) is 22.3 Å². The highest BCUT2D eigenvalue weighted by Crippen LogP contribution is 2.32. The number of hydrogen-bond donors (Lipinski definition) is 1. The van der Waals surface area contributed by atoms with Crippen molar-refractivity contribution >= 4 is 6.01 Å². The summed E-state index contributed by atoms with van der Waals surface area (Å²) in [6.07, 6.45) is 3.47. The highest BCUT2D eigenvalue weighted by molar-refractivity contribution is 5.60. The number of nitrogens with two attached hydrogens (primary N) is 1. The number of aromatic nitrogens is 3. The maximum atomic E-state index is 5.75. The average molecular weight is 298 g/mol. The Morgan fingerprint density at radius 3 is 2.77 bits per heavy atom. The van der Waals surface area contributed by atoms with Crippen molar-refractivity contribution in [2.45, 2.75) is 6.61 Å². The number of rotatable bonds is 5. The SMILES string of the molecule is COc1cc(-c2nnc(N)o2)ccc1OCc1cccnc1. The molecule has 0 fully saturated rings. The second-order valence-electron chi connectivity index (χ2n) is 4.46. The van der Waals surface area contributed by atoms with E-state index in [9.17, 15) is 0 Å². The van der Waals surface area contributed by atoms with Gasteiger partial charge >= 0.3 is 6.01 Å². The zero-order valence-corrected chi connectivity index (χ0v) is 11.9. The lowest BCUT2D eigenvalue weighted by molar-refractivity contribution is 0.284. The summed E-state index contributed by atoms with van der Waals surface area (Å²) < 4.78 is 16.3. The molecular formula is C15H14N4O3. The Labute approximate surface area is 126 Å². The third kappa shape index (κ3) is 2.98. The molecule has 2 aromatic heterocycles. The maximum absolute atomic E-state index is 5.75. The van der Waals surface area contributed by atoms with Gasteiger partial charge in [0.1, 0.15) is 6.61 Å². The third-order valence-corrected chi connectivity index (χ3v) is 2.97. The Bertz CT molecular complexity index is 758. The van der Waals surface area contributed by atoms with E-state index in [0.717, 1.165) is 5.56 Å². The molecule has 112 valence electrons. The number of nitrogen functional groups attached to an aromatic ring is 1. The minimum atomic E-state index is 0.0193. The van der Waals surface area contributed by atoms with Gasteiger partial charge in [0.15, 0.2) is 11.5 Å². The van der Waals surface area contributed by atoms with Crippen LogP contribution in [0.1, 0.15) is 5.56 Å². The van der Waals surface area contributed by atoms with E-state index in [0.29, 0.717) is 29.6 Å². The number of methoxy groups -OCH3 is 1. The summed E-state index contributed by atoms with van der Waals surface area (Å²) in [5, 5.41) is 7.47. The minimum Gasteiger partial charge on any atom is -0.493 e. The molecule has 1 aromatic carbocycles. The predicted octanol–water partition coefficient (Wildman–Crippen LogP) is 2.30. The quantitative estimate of drug-likeness (QED) is 0.772. The van der Waals surface area contributed by atoms with Gasteiger partial charge in [-0.15, -0.1) is 5.10 Å². The van der Waals surface area contributed by atoms with E-state index in [4.69, 9.17) is 19.6 Å². The van der Waals surface area contributed by atoms with Crippen molar-refractivity contribution in [1.82, 2.24) is 15.2 Å². The molecule has 0 aliphatic heterocycles. The van der Waals surface area contributed by atoms with Crippen molar-refractivity contribution in [3.8, 4) is 23.0 Å². The molecule has 7 heteroatoms. The second kappa shape index (κ2) is 6.13. The predicted molar refractivity (Wildman–Crippen MR) is 79.3 cm³/mol. The summed E-state index contributed by atoms with van der Waals surface area (Å²) in [4.78, 5) is 4.04. The average Bonchev–Trinajstić information content (AvgIpc) is 3.00. The molecule has 2 heterocycles. The Balaban J connectivity index is 1.80. The Morgan fingerprint density at radius 2 is 2.09 bits per heavy atom. The lowest BCUT2D eigenvalue weighted by Crippen LogP contribution is -1.98. The first kappa shape index (κ1) is 13.9. The smallest absolute Gasteiger partial charge is 0.313 e. The van der Waals surface area contributed by atoms with Gasteiger partial charge in [-0.2, -0.15) is 0 Å². The van der Waals surface area contributed by atoms with Gasteiger partial charge in [-0.1, -0.05) is 11.2 Å². The number of ether oxygens (including phenoxy) is 2. The van der Waals surface area contributed by atoms with Gasteiger partial charge in [0.25, 0.3) is 0 Å². The molecule has 0 saturated heterocycles. The molecule has 0 bridgehead atoms. The fourth-order valence-corrected chi connectivity index (χ4v) is 1.92. The van der Waals surface area contributed by atoms with Crippen LogP contribution < -0.4 is 15.2 Å². The van der Waals surface area contributed by atoms with Crippen LogP contribution in [0.15, 0.2) is 47.1 Å². The van der Waals surface area contributed by atoms with Gasteiger partial charge in [0.05, 0.1) is 7.11 Å². The van der Waals surface area contributed by atoms with Crippen LogP contribution in [0.3, 0.4) is 0 Å². The van der Waals surface area contributed by atoms with Crippen molar-refractivity contribution in [2.24, 2.45) is 0 Å². The van der Waals surface area contributed by atoms with Gasteiger partial charge in [0.2, 0.25) is 5.89 Å². The van der Waals surface area contributed by atoms with E-state index >= 15 is 0 Å². The third-order valence-electron chi connectivity index (χ3n) is 2.97. The maximum Gasteiger partial charge on any atom is 0.313 e. The first-order valence-corrected chi connectivity index (χ1v) is 6.55. The number of hydrogen-bond acceptors (Lipinski definition) is 7. The number of nitrogens with zero attached hydrogens (tertiary/aromatic N) is 3. The summed E-state index contributed by atoms with van der Waals surface area (Å²) in [7, 11) is 1.57. The normalized spacial score (nSPS) is 10.4. The molecule has 0 saturated carbocycles.